The lowest BCUT2D eigenvalue weighted by atomic mass is 10.1. The molecule has 2 fully saturated rings. The number of pyridine rings is 1. The molecule has 0 atom stereocenters. The second-order valence-electron chi connectivity index (χ2n) is 8.71. The maximum atomic E-state index is 12.9. The number of rotatable bonds is 4. The second-order valence-corrected chi connectivity index (χ2v) is 9.74. The lowest BCUT2D eigenvalue weighted by molar-refractivity contribution is -0.117. The minimum atomic E-state index is -0.385. The first-order valence-corrected chi connectivity index (χ1v) is 12.4. The van der Waals surface area contributed by atoms with Crippen LogP contribution in [0.4, 0.5) is 15.6 Å². The molecular weight excluding hydrogens is 456 g/mol. The van der Waals surface area contributed by atoms with Gasteiger partial charge in [0.15, 0.2) is 5.13 Å². The number of thiazole rings is 1. The molecule has 0 unspecified atom stereocenters. The van der Waals surface area contributed by atoms with E-state index in [-0.39, 0.29) is 24.0 Å². The molecule has 2 aromatic heterocycles. The summed E-state index contributed by atoms with van der Waals surface area (Å²) in [6, 6.07) is 7.83. The Balaban J connectivity index is 1.25. The van der Waals surface area contributed by atoms with Crippen molar-refractivity contribution in [1.82, 2.24) is 9.97 Å². The Labute approximate surface area is 200 Å². The number of hydrogen-bond donors (Lipinski definition) is 1. The van der Waals surface area contributed by atoms with Crippen molar-refractivity contribution in [2.75, 3.05) is 36.6 Å². The lowest BCUT2D eigenvalue weighted by Gasteiger charge is -2.31. The highest BCUT2D eigenvalue weighted by Crippen LogP contribution is 2.37. The van der Waals surface area contributed by atoms with Crippen LogP contribution in [0.5, 0.6) is 5.88 Å². The van der Waals surface area contributed by atoms with Gasteiger partial charge in [0, 0.05) is 30.5 Å². The number of carbonyl (C=O) groups excluding carboxylic acids is 2. The van der Waals surface area contributed by atoms with Gasteiger partial charge in [-0.25, -0.2) is 14.8 Å². The van der Waals surface area contributed by atoms with Crippen molar-refractivity contribution in [3.63, 3.8) is 0 Å². The van der Waals surface area contributed by atoms with Crippen LogP contribution in [-0.4, -0.2) is 54.4 Å². The molecule has 9 nitrogen and oxygen atoms in total. The van der Waals surface area contributed by atoms with E-state index in [1.807, 2.05) is 24.3 Å². The number of hydrogen-bond acceptors (Lipinski definition) is 8. The molecule has 1 aliphatic carbocycles. The van der Waals surface area contributed by atoms with E-state index < -0.39 is 0 Å². The van der Waals surface area contributed by atoms with Crippen molar-refractivity contribution in [3.8, 4) is 17.0 Å². The van der Waals surface area contributed by atoms with Crippen molar-refractivity contribution in [1.29, 1.82) is 0 Å². The Hall–Kier alpha value is -3.24. The molecule has 1 saturated carbocycles. The number of fused-ring (bicyclic) bond motifs is 2. The normalized spacial score (nSPS) is 18.3. The molecule has 2 aliphatic heterocycles. The Bertz CT molecular complexity index is 1250. The average Bonchev–Trinajstić information content (AvgIpc) is 3.64. The van der Waals surface area contributed by atoms with Gasteiger partial charge in [0.2, 0.25) is 11.8 Å². The van der Waals surface area contributed by atoms with Crippen LogP contribution in [0, 0.1) is 5.92 Å². The third kappa shape index (κ3) is 4.30. The fraction of sp³-hybridized carbons (Fsp3) is 0.417. The maximum absolute atomic E-state index is 12.9. The second kappa shape index (κ2) is 8.84. The third-order valence-corrected chi connectivity index (χ3v) is 7.17. The standard InChI is InChI=1S/C24H24N4O5S/c29-21(14-1-2-14)27-23-26-18-4-3-15(12-20(18)34-23)16-11-19-22(25-13-16)32-10-7-28(19)24(30)33-17-5-8-31-9-6-17/h3-4,11-14,17H,1-2,5-10H2,(H,26,27,29). The number of amides is 2. The van der Waals surface area contributed by atoms with Crippen LogP contribution in [-0.2, 0) is 14.3 Å². The van der Waals surface area contributed by atoms with E-state index in [0.717, 1.165) is 34.2 Å². The highest BCUT2D eigenvalue weighted by molar-refractivity contribution is 7.22. The van der Waals surface area contributed by atoms with E-state index in [2.05, 4.69) is 15.3 Å². The molecule has 6 rings (SSSR count). The van der Waals surface area contributed by atoms with E-state index in [9.17, 15) is 9.59 Å². The van der Waals surface area contributed by atoms with Gasteiger partial charge in [-0.3, -0.25) is 9.69 Å². The molecule has 4 heterocycles. The van der Waals surface area contributed by atoms with Gasteiger partial charge in [-0.05, 0) is 36.6 Å². The highest BCUT2D eigenvalue weighted by atomic mass is 32.1. The molecule has 1 saturated heterocycles. The minimum Gasteiger partial charge on any atom is -0.474 e. The van der Waals surface area contributed by atoms with Gasteiger partial charge in [-0.2, -0.15) is 0 Å². The number of anilines is 2. The largest absolute Gasteiger partial charge is 0.474 e. The Morgan fingerprint density at radius 2 is 1.94 bits per heavy atom. The lowest BCUT2D eigenvalue weighted by Crippen LogP contribution is -2.41. The smallest absolute Gasteiger partial charge is 0.414 e. The van der Waals surface area contributed by atoms with E-state index in [4.69, 9.17) is 14.2 Å². The quantitative estimate of drug-likeness (QED) is 0.596. The van der Waals surface area contributed by atoms with Gasteiger partial charge < -0.3 is 19.5 Å². The van der Waals surface area contributed by atoms with Crippen molar-refractivity contribution in [2.24, 2.45) is 5.92 Å². The van der Waals surface area contributed by atoms with Crippen molar-refractivity contribution < 1.29 is 23.8 Å². The summed E-state index contributed by atoms with van der Waals surface area (Å²) in [4.78, 5) is 35.6. The number of ether oxygens (including phenoxy) is 3. The van der Waals surface area contributed by atoms with E-state index >= 15 is 0 Å². The van der Waals surface area contributed by atoms with Crippen molar-refractivity contribution >= 4 is 44.4 Å². The molecule has 34 heavy (non-hydrogen) atoms. The zero-order valence-electron chi connectivity index (χ0n) is 18.5. The number of nitrogens with zero attached hydrogens (tertiary/aromatic N) is 3. The summed E-state index contributed by atoms with van der Waals surface area (Å²) < 4.78 is 17.7. The van der Waals surface area contributed by atoms with Crippen LogP contribution < -0.4 is 15.0 Å². The summed E-state index contributed by atoms with van der Waals surface area (Å²) in [5.41, 5.74) is 3.22. The maximum Gasteiger partial charge on any atom is 0.414 e. The van der Waals surface area contributed by atoms with Crippen molar-refractivity contribution in [3.05, 3.63) is 30.5 Å². The van der Waals surface area contributed by atoms with Crippen LogP contribution in [0.3, 0.4) is 0 Å². The Kier molecular flexibility index (Phi) is 5.54. The molecule has 0 bridgehead atoms. The SMILES string of the molecule is O=C(Nc1nc2ccc(-c3cnc4c(c3)N(C(=O)OC3CCOCC3)CCO4)cc2s1)C1CC1. The van der Waals surface area contributed by atoms with Crippen LogP contribution in [0.1, 0.15) is 25.7 Å². The third-order valence-electron chi connectivity index (χ3n) is 6.23. The fourth-order valence-corrected chi connectivity index (χ4v) is 5.07. The molecule has 3 aromatic rings. The van der Waals surface area contributed by atoms with Gasteiger partial charge in [0.1, 0.15) is 18.4 Å². The van der Waals surface area contributed by atoms with Gasteiger partial charge in [0.05, 0.1) is 30.0 Å². The average molecular weight is 481 g/mol. The first-order valence-electron chi connectivity index (χ1n) is 11.5. The predicted molar refractivity (Wildman–Crippen MR) is 127 cm³/mol. The van der Waals surface area contributed by atoms with Gasteiger partial charge in [-0.15, -0.1) is 0 Å². The van der Waals surface area contributed by atoms with Gasteiger partial charge in [-0.1, -0.05) is 17.4 Å². The predicted octanol–water partition coefficient (Wildman–Crippen LogP) is 4.22. The summed E-state index contributed by atoms with van der Waals surface area (Å²) in [5, 5.41) is 3.53. The molecule has 10 heteroatoms. The highest BCUT2D eigenvalue weighted by Gasteiger charge is 2.31. The summed E-state index contributed by atoms with van der Waals surface area (Å²) in [7, 11) is 0. The number of aromatic nitrogens is 2. The Morgan fingerprint density at radius 3 is 2.76 bits per heavy atom. The van der Waals surface area contributed by atoms with Gasteiger partial charge in [0.25, 0.3) is 0 Å². The molecule has 0 spiro atoms. The number of nitrogens with one attached hydrogen (secondary N) is 1. The van der Waals surface area contributed by atoms with Crippen LogP contribution >= 0.6 is 11.3 Å². The van der Waals surface area contributed by atoms with E-state index in [1.165, 1.54) is 11.3 Å². The molecule has 0 radical (unpaired) electrons. The molecule has 1 N–H and O–H groups in total. The van der Waals surface area contributed by atoms with E-state index in [1.54, 1.807) is 11.1 Å². The summed E-state index contributed by atoms with van der Waals surface area (Å²) in [6.07, 6.45) is 4.55. The minimum absolute atomic E-state index is 0.0471. The van der Waals surface area contributed by atoms with Crippen molar-refractivity contribution in [2.45, 2.75) is 31.8 Å². The van der Waals surface area contributed by atoms with Crippen LogP contribution in [0.25, 0.3) is 21.3 Å². The molecular formula is C24H24N4O5S. The fourth-order valence-electron chi connectivity index (χ4n) is 4.16. The summed E-state index contributed by atoms with van der Waals surface area (Å²) in [6.45, 7) is 1.98. The van der Waals surface area contributed by atoms with Gasteiger partial charge >= 0.3 is 6.09 Å². The monoisotopic (exact) mass is 480 g/mol. The Morgan fingerprint density at radius 1 is 1.09 bits per heavy atom. The summed E-state index contributed by atoms with van der Waals surface area (Å²) >= 11 is 1.45. The topological polar surface area (TPSA) is 103 Å². The number of carbonyl (C=O) groups is 2. The zero-order chi connectivity index (χ0) is 23.1. The summed E-state index contributed by atoms with van der Waals surface area (Å²) in [5.74, 6) is 0.598. The first-order chi connectivity index (χ1) is 16.6. The molecule has 1 aromatic carbocycles. The molecule has 176 valence electrons. The van der Waals surface area contributed by atoms with Crippen LogP contribution in [0.15, 0.2) is 30.5 Å². The molecule has 3 aliphatic rings. The number of benzene rings is 1. The molecule has 2 amide bonds. The zero-order valence-corrected chi connectivity index (χ0v) is 19.3. The van der Waals surface area contributed by atoms with E-state index in [0.29, 0.717) is 55.9 Å². The van der Waals surface area contributed by atoms with Crippen LogP contribution in [0.2, 0.25) is 0 Å². The first kappa shape index (κ1) is 21.3.